The van der Waals surface area contributed by atoms with Crippen LogP contribution in [0.3, 0.4) is 0 Å². The standard InChI is InChI=1S/C17H19NO/c1-13-7-5-6-10-15(13)11-16(19)12-17(18)14-8-3-2-4-9-14/h2-10,17H,11-12,18H2,1H3. The topological polar surface area (TPSA) is 43.1 Å². The predicted octanol–water partition coefficient (Wildman–Crippen LogP) is 3.20. The molecule has 2 rings (SSSR count). The number of Topliss-reactive ketones (excluding diaryl/α,β-unsaturated/α-hetero) is 1. The summed E-state index contributed by atoms with van der Waals surface area (Å²) in [6, 6.07) is 17.5. The average molecular weight is 253 g/mol. The van der Waals surface area contributed by atoms with E-state index in [0.29, 0.717) is 12.8 Å². The number of ketones is 1. The molecule has 19 heavy (non-hydrogen) atoms. The minimum absolute atomic E-state index is 0.186. The zero-order valence-electron chi connectivity index (χ0n) is 11.2. The second-order valence-electron chi connectivity index (χ2n) is 4.86. The van der Waals surface area contributed by atoms with E-state index in [2.05, 4.69) is 0 Å². The van der Waals surface area contributed by atoms with E-state index in [4.69, 9.17) is 5.73 Å². The molecule has 0 amide bonds. The van der Waals surface area contributed by atoms with E-state index < -0.39 is 0 Å². The van der Waals surface area contributed by atoms with Crippen LogP contribution in [0.4, 0.5) is 0 Å². The smallest absolute Gasteiger partial charge is 0.139 e. The lowest BCUT2D eigenvalue weighted by atomic mass is 9.97. The van der Waals surface area contributed by atoms with Gasteiger partial charge < -0.3 is 5.73 Å². The summed E-state index contributed by atoms with van der Waals surface area (Å²) >= 11 is 0. The maximum Gasteiger partial charge on any atom is 0.139 e. The molecule has 98 valence electrons. The van der Waals surface area contributed by atoms with Crippen LogP contribution in [0.5, 0.6) is 0 Å². The van der Waals surface area contributed by atoms with Gasteiger partial charge in [0, 0.05) is 18.9 Å². The highest BCUT2D eigenvalue weighted by molar-refractivity contribution is 5.81. The van der Waals surface area contributed by atoms with Gasteiger partial charge in [0.15, 0.2) is 0 Å². The van der Waals surface area contributed by atoms with Crippen LogP contribution in [0, 0.1) is 6.92 Å². The van der Waals surface area contributed by atoms with Crippen LogP contribution in [0.2, 0.25) is 0 Å². The Hall–Kier alpha value is -1.93. The van der Waals surface area contributed by atoms with Crippen LogP contribution < -0.4 is 5.73 Å². The zero-order valence-corrected chi connectivity index (χ0v) is 11.2. The molecular formula is C17H19NO. The second kappa shape index (κ2) is 6.30. The first-order chi connectivity index (χ1) is 9.16. The number of benzene rings is 2. The van der Waals surface area contributed by atoms with Gasteiger partial charge in [0.25, 0.3) is 0 Å². The van der Waals surface area contributed by atoms with Crippen molar-refractivity contribution in [3.05, 3.63) is 71.3 Å². The van der Waals surface area contributed by atoms with Gasteiger partial charge in [0.1, 0.15) is 5.78 Å². The highest BCUT2D eigenvalue weighted by Crippen LogP contribution is 2.16. The van der Waals surface area contributed by atoms with Crippen LogP contribution >= 0.6 is 0 Å². The largest absolute Gasteiger partial charge is 0.324 e. The second-order valence-corrected chi connectivity index (χ2v) is 4.86. The highest BCUT2D eigenvalue weighted by Gasteiger charge is 2.12. The van der Waals surface area contributed by atoms with Crippen LogP contribution in [0.25, 0.3) is 0 Å². The maximum absolute atomic E-state index is 12.1. The van der Waals surface area contributed by atoms with E-state index in [1.807, 2.05) is 61.5 Å². The lowest BCUT2D eigenvalue weighted by Crippen LogP contribution is -2.16. The molecule has 0 bridgehead atoms. The molecule has 1 atom stereocenters. The zero-order chi connectivity index (χ0) is 13.7. The Morgan fingerprint density at radius 3 is 2.37 bits per heavy atom. The fourth-order valence-corrected chi connectivity index (χ4v) is 2.16. The molecule has 2 aromatic rings. The first-order valence-corrected chi connectivity index (χ1v) is 6.53. The number of carbonyl (C=O) groups is 1. The van der Waals surface area contributed by atoms with E-state index in [0.717, 1.165) is 16.7 Å². The van der Waals surface area contributed by atoms with Gasteiger partial charge in [0.05, 0.1) is 0 Å². The van der Waals surface area contributed by atoms with E-state index in [1.54, 1.807) is 0 Å². The first kappa shape index (κ1) is 13.5. The minimum Gasteiger partial charge on any atom is -0.324 e. The summed E-state index contributed by atoms with van der Waals surface area (Å²) in [6.45, 7) is 2.03. The fourth-order valence-electron chi connectivity index (χ4n) is 2.16. The molecule has 1 unspecified atom stereocenters. The first-order valence-electron chi connectivity index (χ1n) is 6.53. The number of hydrogen-bond donors (Lipinski definition) is 1. The number of hydrogen-bond acceptors (Lipinski definition) is 2. The molecule has 0 radical (unpaired) electrons. The lowest BCUT2D eigenvalue weighted by molar-refractivity contribution is -0.118. The number of rotatable bonds is 5. The van der Waals surface area contributed by atoms with Crippen molar-refractivity contribution in [1.29, 1.82) is 0 Å². The summed E-state index contributed by atoms with van der Waals surface area (Å²) in [7, 11) is 0. The van der Waals surface area contributed by atoms with Crippen molar-refractivity contribution in [3.63, 3.8) is 0 Å². The van der Waals surface area contributed by atoms with Crippen molar-refractivity contribution >= 4 is 5.78 Å². The van der Waals surface area contributed by atoms with Gasteiger partial charge in [-0.2, -0.15) is 0 Å². The molecule has 0 aromatic heterocycles. The number of carbonyl (C=O) groups excluding carboxylic acids is 1. The van der Waals surface area contributed by atoms with Crippen LogP contribution in [-0.4, -0.2) is 5.78 Å². The Labute approximate surface area is 114 Å². The molecule has 0 aliphatic carbocycles. The van der Waals surface area contributed by atoms with Gasteiger partial charge in [-0.1, -0.05) is 54.6 Å². The minimum atomic E-state index is -0.210. The molecule has 2 N–H and O–H groups in total. The van der Waals surface area contributed by atoms with Gasteiger partial charge in [-0.05, 0) is 23.6 Å². The molecule has 0 aliphatic heterocycles. The molecule has 0 fully saturated rings. The van der Waals surface area contributed by atoms with Crippen molar-refractivity contribution in [2.75, 3.05) is 0 Å². The molecule has 2 aromatic carbocycles. The van der Waals surface area contributed by atoms with Gasteiger partial charge in [0.2, 0.25) is 0 Å². The summed E-state index contributed by atoms with van der Waals surface area (Å²) in [6.07, 6.45) is 0.853. The monoisotopic (exact) mass is 253 g/mol. The molecule has 0 saturated carbocycles. The summed E-state index contributed by atoms with van der Waals surface area (Å²) in [5.74, 6) is 0.186. The Bertz CT molecular complexity index is 548. The van der Waals surface area contributed by atoms with Gasteiger partial charge >= 0.3 is 0 Å². The van der Waals surface area contributed by atoms with E-state index in [-0.39, 0.29) is 11.8 Å². The summed E-state index contributed by atoms with van der Waals surface area (Å²) in [5.41, 5.74) is 9.33. The quantitative estimate of drug-likeness (QED) is 0.889. The Balaban J connectivity index is 1.97. The summed E-state index contributed by atoms with van der Waals surface area (Å²) in [5, 5.41) is 0. The van der Waals surface area contributed by atoms with Crippen molar-refractivity contribution < 1.29 is 4.79 Å². The normalized spacial score (nSPS) is 12.1. The highest BCUT2D eigenvalue weighted by atomic mass is 16.1. The molecule has 0 spiro atoms. The molecule has 0 heterocycles. The number of nitrogens with two attached hydrogens (primary N) is 1. The third-order valence-electron chi connectivity index (χ3n) is 3.32. The third-order valence-corrected chi connectivity index (χ3v) is 3.32. The maximum atomic E-state index is 12.1. The van der Waals surface area contributed by atoms with Crippen molar-refractivity contribution in [3.8, 4) is 0 Å². The predicted molar refractivity (Wildman–Crippen MR) is 77.9 cm³/mol. The van der Waals surface area contributed by atoms with Gasteiger partial charge in [-0.15, -0.1) is 0 Å². The van der Waals surface area contributed by atoms with E-state index in [9.17, 15) is 4.79 Å². The van der Waals surface area contributed by atoms with E-state index in [1.165, 1.54) is 0 Å². The molecular weight excluding hydrogens is 234 g/mol. The molecule has 2 nitrogen and oxygen atoms in total. The van der Waals surface area contributed by atoms with E-state index >= 15 is 0 Å². The third kappa shape index (κ3) is 3.76. The van der Waals surface area contributed by atoms with Gasteiger partial charge in [-0.3, -0.25) is 4.79 Å². The number of aryl methyl sites for hydroxylation is 1. The average Bonchev–Trinajstić information content (AvgIpc) is 2.42. The Morgan fingerprint density at radius 2 is 1.68 bits per heavy atom. The molecule has 0 saturated heterocycles. The SMILES string of the molecule is Cc1ccccc1CC(=O)CC(N)c1ccccc1. The van der Waals surface area contributed by atoms with Crippen molar-refractivity contribution in [1.82, 2.24) is 0 Å². The van der Waals surface area contributed by atoms with Crippen molar-refractivity contribution in [2.24, 2.45) is 5.73 Å². The van der Waals surface area contributed by atoms with Crippen LogP contribution in [-0.2, 0) is 11.2 Å². The Morgan fingerprint density at radius 1 is 1.05 bits per heavy atom. The van der Waals surface area contributed by atoms with Crippen LogP contribution in [0.1, 0.15) is 29.2 Å². The lowest BCUT2D eigenvalue weighted by Gasteiger charge is -2.11. The van der Waals surface area contributed by atoms with Gasteiger partial charge in [-0.25, -0.2) is 0 Å². The molecule has 2 heteroatoms. The Kier molecular flexibility index (Phi) is 4.48. The summed E-state index contributed by atoms with van der Waals surface area (Å²) in [4.78, 5) is 12.1. The molecule has 0 aliphatic rings. The van der Waals surface area contributed by atoms with Crippen LogP contribution in [0.15, 0.2) is 54.6 Å². The van der Waals surface area contributed by atoms with Crippen molar-refractivity contribution in [2.45, 2.75) is 25.8 Å². The fraction of sp³-hybridized carbons (Fsp3) is 0.235. The summed E-state index contributed by atoms with van der Waals surface area (Å²) < 4.78 is 0.